The second-order valence-corrected chi connectivity index (χ2v) is 4.59. The highest BCUT2D eigenvalue weighted by atomic mass is 32.2. The van der Waals surface area contributed by atoms with Crippen LogP contribution in [0.2, 0.25) is 0 Å². The average molecular weight is 211 g/mol. The largest absolute Gasteiger partial charge is 0.399 e. The first kappa shape index (κ1) is 11.2. The molecule has 1 rings (SSSR count). The predicted octanol–water partition coefficient (Wildman–Crippen LogP) is 1.50. The summed E-state index contributed by atoms with van der Waals surface area (Å²) in [5.41, 5.74) is 13.1. The van der Waals surface area contributed by atoms with E-state index in [9.17, 15) is 0 Å². The van der Waals surface area contributed by atoms with Crippen LogP contribution in [0, 0.1) is 0 Å². The molecule has 0 fully saturated rings. The minimum atomic E-state index is 0.770. The molecule has 0 spiro atoms. The van der Waals surface area contributed by atoms with Gasteiger partial charge in [-0.25, -0.2) is 0 Å². The Balaban J connectivity index is 2.53. The summed E-state index contributed by atoms with van der Waals surface area (Å²) in [5, 5.41) is 0. The summed E-state index contributed by atoms with van der Waals surface area (Å²) in [5.74, 6) is 1.03. The zero-order valence-electron chi connectivity index (χ0n) is 8.66. The van der Waals surface area contributed by atoms with Gasteiger partial charge in [0.2, 0.25) is 0 Å². The van der Waals surface area contributed by atoms with Gasteiger partial charge in [0.1, 0.15) is 0 Å². The van der Waals surface area contributed by atoms with Gasteiger partial charge in [-0.15, -0.1) is 11.8 Å². The molecule has 4 N–H and O–H groups in total. The van der Waals surface area contributed by atoms with Gasteiger partial charge < -0.3 is 16.4 Å². The molecule has 0 amide bonds. The van der Waals surface area contributed by atoms with E-state index in [1.54, 1.807) is 11.8 Å². The highest BCUT2D eigenvalue weighted by Crippen LogP contribution is 2.26. The van der Waals surface area contributed by atoms with Gasteiger partial charge in [0.15, 0.2) is 0 Å². The van der Waals surface area contributed by atoms with Crippen LogP contribution in [0.25, 0.3) is 0 Å². The van der Waals surface area contributed by atoms with E-state index in [0.717, 1.165) is 28.6 Å². The lowest BCUT2D eigenvalue weighted by atomic mass is 10.3. The van der Waals surface area contributed by atoms with E-state index in [-0.39, 0.29) is 0 Å². The van der Waals surface area contributed by atoms with Gasteiger partial charge in [0.25, 0.3) is 0 Å². The van der Waals surface area contributed by atoms with E-state index in [0.29, 0.717) is 0 Å². The van der Waals surface area contributed by atoms with E-state index in [1.807, 2.05) is 18.2 Å². The molecular weight excluding hydrogens is 194 g/mol. The highest BCUT2D eigenvalue weighted by Gasteiger charge is 2.00. The van der Waals surface area contributed by atoms with Crippen LogP contribution in [0.1, 0.15) is 0 Å². The fourth-order valence-corrected chi connectivity index (χ4v) is 2.14. The number of benzene rings is 1. The maximum atomic E-state index is 5.82. The molecule has 0 unspecified atom stereocenters. The first-order valence-corrected chi connectivity index (χ1v) is 5.50. The summed E-state index contributed by atoms with van der Waals surface area (Å²) in [6.07, 6.45) is 0. The zero-order valence-corrected chi connectivity index (χ0v) is 9.47. The molecular formula is C10H17N3S. The van der Waals surface area contributed by atoms with Crippen molar-refractivity contribution >= 4 is 23.1 Å². The number of thioether (sulfide) groups is 1. The van der Waals surface area contributed by atoms with Crippen LogP contribution in [0.3, 0.4) is 0 Å². The van der Waals surface area contributed by atoms with E-state index >= 15 is 0 Å². The Morgan fingerprint density at radius 1 is 1.29 bits per heavy atom. The van der Waals surface area contributed by atoms with Crippen LogP contribution in [-0.2, 0) is 0 Å². The van der Waals surface area contributed by atoms with Crippen LogP contribution in [0.15, 0.2) is 23.1 Å². The number of rotatable bonds is 4. The Labute approximate surface area is 89.5 Å². The number of nitrogens with two attached hydrogens (primary N) is 2. The number of anilines is 2. The van der Waals surface area contributed by atoms with Gasteiger partial charge in [-0.3, -0.25) is 0 Å². The SMILES string of the molecule is CN(C)CCSc1cc(N)ccc1N. The average Bonchev–Trinajstić information content (AvgIpc) is 2.10. The summed E-state index contributed by atoms with van der Waals surface area (Å²) >= 11 is 1.74. The van der Waals surface area contributed by atoms with Gasteiger partial charge in [-0.05, 0) is 32.3 Å². The van der Waals surface area contributed by atoms with Crippen LogP contribution in [-0.4, -0.2) is 31.3 Å². The van der Waals surface area contributed by atoms with Crippen molar-refractivity contribution < 1.29 is 0 Å². The first-order valence-electron chi connectivity index (χ1n) is 4.52. The van der Waals surface area contributed by atoms with Crippen molar-refractivity contribution in [2.45, 2.75) is 4.90 Å². The van der Waals surface area contributed by atoms with E-state index in [4.69, 9.17) is 11.5 Å². The summed E-state index contributed by atoms with van der Waals surface area (Å²) in [4.78, 5) is 3.22. The summed E-state index contributed by atoms with van der Waals surface area (Å²) in [7, 11) is 4.12. The maximum Gasteiger partial charge on any atom is 0.0453 e. The fourth-order valence-electron chi connectivity index (χ4n) is 1.01. The van der Waals surface area contributed by atoms with E-state index in [1.165, 1.54) is 0 Å². The Morgan fingerprint density at radius 2 is 2.00 bits per heavy atom. The predicted molar refractivity (Wildman–Crippen MR) is 64.5 cm³/mol. The second-order valence-electron chi connectivity index (χ2n) is 3.45. The van der Waals surface area contributed by atoms with Crippen molar-refractivity contribution in [1.82, 2.24) is 4.90 Å². The molecule has 1 aromatic carbocycles. The van der Waals surface area contributed by atoms with Crippen molar-refractivity contribution in [1.29, 1.82) is 0 Å². The molecule has 0 atom stereocenters. The lowest BCUT2D eigenvalue weighted by molar-refractivity contribution is 0.437. The number of hydrogen-bond acceptors (Lipinski definition) is 4. The third kappa shape index (κ3) is 3.47. The van der Waals surface area contributed by atoms with Gasteiger partial charge in [-0.2, -0.15) is 0 Å². The molecule has 0 saturated carbocycles. The molecule has 0 bridgehead atoms. The number of nitrogens with zero attached hydrogens (tertiary/aromatic N) is 1. The molecule has 0 aliphatic heterocycles. The second kappa shape index (κ2) is 5.12. The quantitative estimate of drug-likeness (QED) is 0.585. The molecule has 0 aliphatic rings. The molecule has 0 saturated heterocycles. The van der Waals surface area contributed by atoms with Crippen molar-refractivity contribution in [2.75, 3.05) is 37.9 Å². The van der Waals surface area contributed by atoms with Gasteiger partial charge in [0.05, 0.1) is 0 Å². The molecule has 3 nitrogen and oxygen atoms in total. The van der Waals surface area contributed by atoms with Gasteiger partial charge in [-0.1, -0.05) is 0 Å². The molecule has 0 radical (unpaired) electrons. The number of hydrogen-bond donors (Lipinski definition) is 2. The zero-order chi connectivity index (χ0) is 10.6. The Bertz CT molecular complexity index is 299. The minimum Gasteiger partial charge on any atom is -0.399 e. The molecule has 1 aromatic rings. The van der Waals surface area contributed by atoms with Crippen molar-refractivity contribution in [3.05, 3.63) is 18.2 Å². The summed E-state index contributed by atoms with van der Waals surface area (Å²) in [6.45, 7) is 1.04. The van der Waals surface area contributed by atoms with Crippen LogP contribution in [0.4, 0.5) is 11.4 Å². The van der Waals surface area contributed by atoms with Gasteiger partial charge >= 0.3 is 0 Å². The number of nitrogen functional groups attached to an aromatic ring is 2. The first-order chi connectivity index (χ1) is 6.59. The monoisotopic (exact) mass is 211 g/mol. The Morgan fingerprint density at radius 3 is 2.64 bits per heavy atom. The van der Waals surface area contributed by atoms with Gasteiger partial charge in [0, 0.05) is 28.6 Å². The topological polar surface area (TPSA) is 55.3 Å². The van der Waals surface area contributed by atoms with E-state index in [2.05, 4.69) is 19.0 Å². The summed E-state index contributed by atoms with van der Waals surface area (Å²) < 4.78 is 0. The lowest BCUT2D eigenvalue weighted by Crippen LogP contribution is -2.14. The molecule has 0 aromatic heterocycles. The van der Waals surface area contributed by atoms with Crippen molar-refractivity contribution in [2.24, 2.45) is 0 Å². The molecule has 4 heteroatoms. The van der Waals surface area contributed by atoms with Crippen molar-refractivity contribution in [3.8, 4) is 0 Å². The van der Waals surface area contributed by atoms with Crippen molar-refractivity contribution in [3.63, 3.8) is 0 Å². The standard InChI is InChI=1S/C10H17N3S/c1-13(2)5-6-14-10-7-8(11)3-4-9(10)12/h3-4,7H,5-6,11-12H2,1-2H3. The molecule has 78 valence electrons. The minimum absolute atomic E-state index is 0.770. The van der Waals surface area contributed by atoms with Crippen LogP contribution < -0.4 is 11.5 Å². The normalized spacial score (nSPS) is 10.8. The summed E-state index contributed by atoms with van der Waals surface area (Å²) in [6, 6.07) is 5.61. The van der Waals surface area contributed by atoms with Crippen LogP contribution >= 0.6 is 11.8 Å². The third-order valence-corrected chi connectivity index (χ3v) is 2.88. The fraction of sp³-hybridized carbons (Fsp3) is 0.400. The molecule has 0 heterocycles. The third-order valence-electron chi connectivity index (χ3n) is 1.83. The lowest BCUT2D eigenvalue weighted by Gasteiger charge is -2.10. The Hall–Kier alpha value is -0.870. The van der Waals surface area contributed by atoms with E-state index < -0.39 is 0 Å². The highest BCUT2D eigenvalue weighted by molar-refractivity contribution is 7.99. The smallest absolute Gasteiger partial charge is 0.0453 e. The molecule has 14 heavy (non-hydrogen) atoms. The van der Waals surface area contributed by atoms with Crippen LogP contribution in [0.5, 0.6) is 0 Å². The molecule has 0 aliphatic carbocycles. The maximum absolute atomic E-state index is 5.82. The Kier molecular flexibility index (Phi) is 4.10.